The highest BCUT2D eigenvalue weighted by atomic mass is 35.5. The molecule has 0 atom stereocenters. The molecule has 1 aromatic heterocycles. The molecule has 2 rings (SSSR count). The molecule has 8 heteroatoms. The first-order chi connectivity index (χ1) is 10.7. The van der Waals surface area contributed by atoms with Gasteiger partial charge in [-0.05, 0) is 28.7 Å². The second-order valence-corrected chi connectivity index (χ2v) is 6.69. The molecule has 2 aromatic rings. The van der Waals surface area contributed by atoms with Gasteiger partial charge in [0.25, 0.3) is 6.01 Å². The first-order valence-electron chi connectivity index (χ1n) is 6.71. The van der Waals surface area contributed by atoms with Crippen LogP contribution in [0, 0.1) is 15.5 Å². The van der Waals surface area contributed by atoms with Gasteiger partial charge < -0.3 is 0 Å². The van der Waals surface area contributed by atoms with Crippen molar-refractivity contribution in [2.75, 3.05) is 0 Å². The minimum absolute atomic E-state index is 0.137. The van der Waals surface area contributed by atoms with Gasteiger partial charge in [-0.1, -0.05) is 50.0 Å². The molecule has 6 nitrogen and oxygen atoms in total. The average molecular weight is 356 g/mol. The maximum absolute atomic E-state index is 10.5. The van der Waals surface area contributed by atoms with Crippen molar-refractivity contribution >= 4 is 35.0 Å². The normalized spacial score (nSPS) is 12.3. The molecule has 1 heterocycles. The first-order valence-corrected chi connectivity index (χ1v) is 7.47. The van der Waals surface area contributed by atoms with Crippen LogP contribution in [0.15, 0.2) is 30.6 Å². The minimum atomic E-state index is -0.904. The molecular formula is C15H15Cl2N3O3. The Labute approximate surface area is 143 Å². The van der Waals surface area contributed by atoms with E-state index < -0.39 is 5.09 Å². The van der Waals surface area contributed by atoms with Gasteiger partial charge in [0.1, 0.15) is 0 Å². The fourth-order valence-electron chi connectivity index (χ4n) is 2.05. The zero-order valence-electron chi connectivity index (χ0n) is 12.8. The van der Waals surface area contributed by atoms with Gasteiger partial charge in [-0.3, -0.25) is 4.57 Å². The lowest BCUT2D eigenvalue weighted by atomic mass is 9.82. The van der Waals surface area contributed by atoms with Crippen molar-refractivity contribution in [3.05, 3.63) is 56.3 Å². The molecule has 0 bridgehead atoms. The van der Waals surface area contributed by atoms with Crippen LogP contribution in [-0.2, 0) is 0 Å². The van der Waals surface area contributed by atoms with E-state index >= 15 is 0 Å². The van der Waals surface area contributed by atoms with Crippen LogP contribution >= 0.6 is 23.2 Å². The molecule has 0 aliphatic heterocycles. The van der Waals surface area contributed by atoms with Gasteiger partial charge >= 0.3 is 5.09 Å². The highest BCUT2D eigenvalue weighted by molar-refractivity contribution is 6.35. The van der Waals surface area contributed by atoms with Crippen molar-refractivity contribution in [2.45, 2.75) is 20.8 Å². The molecule has 0 radical (unpaired) electrons. The van der Waals surface area contributed by atoms with E-state index in [4.69, 9.17) is 23.2 Å². The lowest BCUT2D eigenvalue weighted by Gasteiger charge is -2.24. The Morgan fingerprint density at radius 3 is 2.65 bits per heavy atom. The summed E-state index contributed by atoms with van der Waals surface area (Å²) in [5.74, 6) is 0. The molecule has 1 aromatic carbocycles. The molecule has 0 aliphatic carbocycles. The van der Waals surface area contributed by atoms with Gasteiger partial charge in [0, 0.05) is 28.6 Å². The summed E-state index contributed by atoms with van der Waals surface area (Å²) in [5.41, 5.74) is 1.35. The number of imidazole rings is 1. The van der Waals surface area contributed by atoms with Crippen LogP contribution in [0.3, 0.4) is 0 Å². The third-order valence-electron chi connectivity index (χ3n) is 3.09. The van der Waals surface area contributed by atoms with Crippen molar-refractivity contribution < 1.29 is 9.92 Å². The van der Waals surface area contributed by atoms with Crippen LogP contribution in [-0.4, -0.2) is 14.6 Å². The van der Waals surface area contributed by atoms with Crippen LogP contribution in [0.4, 0.5) is 0 Å². The van der Waals surface area contributed by atoms with E-state index in [1.54, 1.807) is 24.5 Å². The first kappa shape index (κ1) is 17.3. The predicted octanol–water partition coefficient (Wildman–Crippen LogP) is 4.80. The lowest BCUT2D eigenvalue weighted by Crippen LogP contribution is -2.11. The topological polar surface area (TPSA) is 70.2 Å². The molecular weight excluding hydrogens is 341 g/mol. The second-order valence-electron chi connectivity index (χ2n) is 5.85. The van der Waals surface area contributed by atoms with Gasteiger partial charge in [0.2, 0.25) is 0 Å². The van der Waals surface area contributed by atoms with E-state index in [2.05, 4.69) is 9.82 Å². The van der Waals surface area contributed by atoms with Crippen molar-refractivity contribution in [1.82, 2.24) is 9.55 Å². The Morgan fingerprint density at radius 2 is 2.09 bits per heavy atom. The summed E-state index contributed by atoms with van der Waals surface area (Å²) in [5, 5.41) is 10.7. The average Bonchev–Trinajstić information content (AvgIpc) is 2.82. The van der Waals surface area contributed by atoms with Gasteiger partial charge in [-0.25, -0.2) is 9.82 Å². The van der Waals surface area contributed by atoms with Gasteiger partial charge in [0.15, 0.2) is 0 Å². The Morgan fingerprint density at radius 1 is 1.39 bits per heavy atom. The van der Waals surface area contributed by atoms with E-state index in [0.29, 0.717) is 10.0 Å². The number of allylic oxidation sites excluding steroid dienone is 1. The van der Waals surface area contributed by atoms with Gasteiger partial charge in [-0.15, -0.1) is 10.1 Å². The fraction of sp³-hybridized carbons (Fsp3) is 0.267. The number of hydrogen-bond donors (Lipinski definition) is 0. The number of benzene rings is 1. The zero-order valence-corrected chi connectivity index (χ0v) is 14.3. The molecule has 0 unspecified atom stereocenters. The summed E-state index contributed by atoms with van der Waals surface area (Å²) in [6.07, 6.45) is 4.69. The van der Waals surface area contributed by atoms with E-state index in [1.807, 2.05) is 26.8 Å². The molecule has 0 amide bonds. The monoisotopic (exact) mass is 355 g/mol. The van der Waals surface area contributed by atoms with E-state index in [-0.39, 0.29) is 11.4 Å². The number of hydrogen-bond acceptors (Lipinski definition) is 4. The summed E-state index contributed by atoms with van der Waals surface area (Å²) in [6, 6.07) is 5.07. The maximum Gasteiger partial charge on any atom is 0.302 e. The van der Waals surface area contributed by atoms with Crippen molar-refractivity contribution in [3.8, 4) is 6.01 Å². The molecule has 0 spiro atoms. The third kappa shape index (κ3) is 4.24. The fourth-order valence-corrected chi connectivity index (χ4v) is 2.56. The van der Waals surface area contributed by atoms with Crippen LogP contribution in [0.25, 0.3) is 11.8 Å². The Balaban J connectivity index is 2.56. The lowest BCUT2D eigenvalue weighted by molar-refractivity contribution is -0.713. The quantitative estimate of drug-likeness (QED) is 0.583. The van der Waals surface area contributed by atoms with Crippen LogP contribution in [0.5, 0.6) is 6.01 Å². The minimum Gasteiger partial charge on any atom is -0.288 e. The molecule has 0 fully saturated rings. The van der Waals surface area contributed by atoms with Gasteiger partial charge in [-0.2, -0.15) is 0 Å². The largest absolute Gasteiger partial charge is 0.302 e. The molecule has 0 saturated carbocycles. The zero-order chi connectivity index (χ0) is 17.2. The number of nitrogens with zero attached hydrogens (tertiary/aromatic N) is 3. The van der Waals surface area contributed by atoms with E-state index in [0.717, 1.165) is 11.1 Å². The Bertz CT molecular complexity index is 764. The molecule has 23 heavy (non-hydrogen) atoms. The molecule has 0 aliphatic rings. The summed E-state index contributed by atoms with van der Waals surface area (Å²) < 4.78 is 1.44. The Hall–Kier alpha value is -2.05. The smallest absolute Gasteiger partial charge is 0.288 e. The maximum atomic E-state index is 10.5. The molecule has 0 N–H and O–H groups in total. The Kier molecular flexibility index (Phi) is 4.97. The number of rotatable bonds is 4. The SMILES string of the molecule is CC(C)(C)/C(=C\n1ccnc1O[N+](=O)[O-])c1ccc(Cl)cc1Cl. The highest BCUT2D eigenvalue weighted by Crippen LogP contribution is 2.39. The highest BCUT2D eigenvalue weighted by Gasteiger charge is 2.22. The van der Waals surface area contributed by atoms with Crippen molar-refractivity contribution in [2.24, 2.45) is 5.41 Å². The third-order valence-corrected chi connectivity index (χ3v) is 3.63. The molecule has 0 saturated heterocycles. The predicted molar refractivity (Wildman–Crippen MR) is 89.9 cm³/mol. The van der Waals surface area contributed by atoms with Crippen molar-refractivity contribution in [1.29, 1.82) is 0 Å². The standard InChI is InChI=1S/C15H15Cl2N3O3/c1-15(2,3)12(11-5-4-10(16)8-13(11)17)9-19-7-6-18-14(19)23-20(21)22/h4-9H,1-3H3/b12-9-. The van der Waals surface area contributed by atoms with Crippen LogP contribution in [0.1, 0.15) is 26.3 Å². The number of halogens is 2. The van der Waals surface area contributed by atoms with Crippen LogP contribution in [0.2, 0.25) is 10.0 Å². The summed E-state index contributed by atoms with van der Waals surface area (Å²) in [7, 11) is 0. The van der Waals surface area contributed by atoms with Gasteiger partial charge in [0.05, 0.1) is 0 Å². The molecule has 122 valence electrons. The van der Waals surface area contributed by atoms with E-state index in [1.165, 1.54) is 10.8 Å². The number of aromatic nitrogens is 2. The summed E-state index contributed by atoms with van der Waals surface area (Å²) in [6.45, 7) is 6.03. The second kappa shape index (κ2) is 6.60. The van der Waals surface area contributed by atoms with Crippen LogP contribution < -0.4 is 4.84 Å². The summed E-state index contributed by atoms with van der Waals surface area (Å²) in [4.78, 5) is 18.8. The van der Waals surface area contributed by atoms with E-state index in [9.17, 15) is 10.1 Å². The summed E-state index contributed by atoms with van der Waals surface area (Å²) >= 11 is 12.3. The van der Waals surface area contributed by atoms with Crippen molar-refractivity contribution in [3.63, 3.8) is 0 Å².